The molecule has 1 heterocycles. The smallest absolute Gasteiger partial charge is 0.305 e. The Balaban J connectivity index is 2.85. The molecule has 1 fully saturated rings. The fraction of sp³-hybridized carbons (Fsp3) is 0.818. The number of halogens is 1. The van der Waals surface area contributed by atoms with Gasteiger partial charge < -0.3 is 10.0 Å². The summed E-state index contributed by atoms with van der Waals surface area (Å²) in [4.78, 5) is 24.2. The Morgan fingerprint density at radius 2 is 2.19 bits per heavy atom. The Kier molecular flexibility index (Phi) is 3.84. The lowest BCUT2D eigenvalue weighted by Crippen LogP contribution is -2.46. The van der Waals surface area contributed by atoms with Crippen molar-refractivity contribution in [2.45, 2.75) is 45.0 Å². The summed E-state index contributed by atoms with van der Waals surface area (Å²) in [7, 11) is 0. The maximum Gasteiger partial charge on any atom is 0.305 e. The van der Waals surface area contributed by atoms with Crippen molar-refractivity contribution >= 4 is 23.5 Å². The highest BCUT2D eigenvalue weighted by atomic mass is 35.5. The lowest BCUT2D eigenvalue weighted by atomic mass is 9.83. The number of nitrogens with zero attached hydrogens (tertiary/aromatic N) is 1. The van der Waals surface area contributed by atoms with Crippen LogP contribution in [0, 0.1) is 5.41 Å². The van der Waals surface area contributed by atoms with Gasteiger partial charge in [-0.25, -0.2) is 0 Å². The average molecular weight is 248 g/mol. The SMILES string of the molecule is CC(C)(C)C(CC(=O)O)N1CC(Cl)CC1=O. The van der Waals surface area contributed by atoms with E-state index in [9.17, 15) is 9.59 Å². The zero-order chi connectivity index (χ0) is 12.5. The topological polar surface area (TPSA) is 57.6 Å². The summed E-state index contributed by atoms with van der Waals surface area (Å²) >= 11 is 5.92. The summed E-state index contributed by atoms with van der Waals surface area (Å²) < 4.78 is 0. The van der Waals surface area contributed by atoms with Crippen LogP contribution in [0.4, 0.5) is 0 Å². The van der Waals surface area contributed by atoms with Crippen molar-refractivity contribution in [3.8, 4) is 0 Å². The molecule has 0 radical (unpaired) electrons. The number of alkyl halides is 1. The summed E-state index contributed by atoms with van der Waals surface area (Å²) in [5.41, 5.74) is -0.255. The molecule has 0 spiro atoms. The molecule has 0 saturated carbocycles. The predicted octanol–water partition coefficient (Wildman–Crippen LogP) is 1.72. The first-order chi connectivity index (χ1) is 7.21. The van der Waals surface area contributed by atoms with Crippen LogP contribution in [0.2, 0.25) is 0 Å². The first-order valence-corrected chi connectivity index (χ1v) is 5.81. The van der Waals surface area contributed by atoms with Crippen molar-refractivity contribution in [3.63, 3.8) is 0 Å². The van der Waals surface area contributed by atoms with Crippen molar-refractivity contribution in [2.24, 2.45) is 5.41 Å². The van der Waals surface area contributed by atoms with Crippen molar-refractivity contribution in [1.29, 1.82) is 0 Å². The van der Waals surface area contributed by atoms with Crippen LogP contribution >= 0.6 is 11.6 Å². The van der Waals surface area contributed by atoms with Gasteiger partial charge in [0.1, 0.15) is 0 Å². The molecule has 92 valence electrons. The molecule has 2 atom stereocenters. The minimum atomic E-state index is -0.884. The molecule has 0 bridgehead atoms. The van der Waals surface area contributed by atoms with E-state index < -0.39 is 5.97 Å². The number of hydrogen-bond acceptors (Lipinski definition) is 2. The minimum Gasteiger partial charge on any atom is -0.481 e. The molecule has 16 heavy (non-hydrogen) atoms. The molecule has 1 aliphatic rings. The molecular formula is C11H18ClNO3. The van der Waals surface area contributed by atoms with Gasteiger partial charge in [-0.1, -0.05) is 20.8 Å². The lowest BCUT2D eigenvalue weighted by Gasteiger charge is -2.37. The Morgan fingerprint density at radius 3 is 2.50 bits per heavy atom. The van der Waals surface area contributed by atoms with Gasteiger partial charge in [-0.3, -0.25) is 9.59 Å². The van der Waals surface area contributed by atoms with Crippen molar-refractivity contribution in [1.82, 2.24) is 4.90 Å². The Morgan fingerprint density at radius 1 is 1.62 bits per heavy atom. The second kappa shape index (κ2) is 4.62. The van der Waals surface area contributed by atoms with Gasteiger partial charge in [0, 0.05) is 19.0 Å². The summed E-state index contributed by atoms with van der Waals surface area (Å²) in [6.07, 6.45) is 0.284. The van der Waals surface area contributed by atoms with Gasteiger partial charge in [-0.15, -0.1) is 11.6 Å². The average Bonchev–Trinajstić information content (AvgIpc) is 2.38. The van der Waals surface area contributed by atoms with E-state index in [-0.39, 0.29) is 29.2 Å². The van der Waals surface area contributed by atoms with Gasteiger partial charge in [0.15, 0.2) is 0 Å². The molecule has 1 saturated heterocycles. The molecule has 0 aliphatic carbocycles. The highest BCUT2D eigenvalue weighted by molar-refractivity contribution is 6.22. The van der Waals surface area contributed by atoms with Crippen LogP contribution in [0.15, 0.2) is 0 Å². The number of carbonyl (C=O) groups is 2. The van der Waals surface area contributed by atoms with E-state index in [1.54, 1.807) is 4.90 Å². The van der Waals surface area contributed by atoms with Crippen molar-refractivity contribution in [3.05, 3.63) is 0 Å². The molecular weight excluding hydrogens is 230 g/mol. The van der Waals surface area contributed by atoms with E-state index in [2.05, 4.69) is 0 Å². The Labute approximate surface area is 101 Å². The van der Waals surface area contributed by atoms with Gasteiger partial charge in [0.25, 0.3) is 0 Å². The number of carboxylic acid groups (broad SMARTS) is 1. The monoisotopic (exact) mass is 247 g/mol. The van der Waals surface area contributed by atoms with Crippen LogP contribution in [0.1, 0.15) is 33.6 Å². The molecule has 0 aromatic heterocycles. The zero-order valence-electron chi connectivity index (χ0n) is 9.86. The highest BCUT2D eigenvalue weighted by Gasteiger charge is 2.39. The van der Waals surface area contributed by atoms with Gasteiger partial charge in [-0.2, -0.15) is 0 Å². The molecule has 1 aliphatic heterocycles. The predicted molar refractivity (Wildman–Crippen MR) is 61.5 cm³/mol. The Hall–Kier alpha value is -0.770. The second-order valence-corrected chi connectivity index (χ2v) is 5.94. The number of amides is 1. The third-order valence-corrected chi connectivity index (χ3v) is 3.15. The summed E-state index contributed by atoms with van der Waals surface area (Å²) in [6, 6.07) is -0.291. The van der Waals surface area contributed by atoms with Crippen LogP contribution in [0.25, 0.3) is 0 Å². The number of carbonyl (C=O) groups excluding carboxylic acids is 1. The fourth-order valence-corrected chi connectivity index (χ4v) is 2.32. The van der Waals surface area contributed by atoms with Crippen LogP contribution in [0.5, 0.6) is 0 Å². The van der Waals surface area contributed by atoms with Gasteiger partial charge in [-0.05, 0) is 5.41 Å². The van der Waals surface area contributed by atoms with E-state index in [0.717, 1.165) is 0 Å². The van der Waals surface area contributed by atoms with Gasteiger partial charge in [0.05, 0.1) is 11.8 Å². The van der Waals surface area contributed by atoms with Crippen LogP contribution in [-0.2, 0) is 9.59 Å². The maximum atomic E-state index is 11.7. The normalized spacial score (nSPS) is 23.6. The first-order valence-electron chi connectivity index (χ1n) is 5.37. The van der Waals surface area contributed by atoms with E-state index in [1.165, 1.54) is 0 Å². The van der Waals surface area contributed by atoms with Gasteiger partial charge >= 0.3 is 5.97 Å². The summed E-state index contributed by atoms with van der Waals surface area (Å²) in [6.45, 7) is 6.27. The number of rotatable bonds is 3. The number of likely N-dealkylation sites (tertiary alicyclic amines) is 1. The quantitative estimate of drug-likeness (QED) is 0.773. The third-order valence-electron chi connectivity index (χ3n) is 2.86. The van der Waals surface area contributed by atoms with E-state index in [1.807, 2.05) is 20.8 Å². The van der Waals surface area contributed by atoms with Crippen LogP contribution < -0.4 is 0 Å². The number of carboxylic acids is 1. The van der Waals surface area contributed by atoms with Crippen molar-refractivity contribution < 1.29 is 14.7 Å². The molecule has 1 amide bonds. The van der Waals surface area contributed by atoms with Crippen molar-refractivity contribution in [2.75, 3.05) is 6.54 Å². The van der Waals surface area contributed by atoms with Crippen LogP contribution in [-0.4, -0.2) is 39.8 Å². The van der Waals surface area contributed by atoms with E-state index >= 15 is 0 Å². The number of hydrogen-bond donors (Lipinski definition) is 1. The zero-order valence-corrected chi connectivity index (χ0v) is 10.6. The first kappa shape index (κ1) is 13.3. The Bertz CT molecular complexity index is 298. The molecule has 0 aromatic rings. The van der Waals surface area contributed by atoms with Crippen LogP contribution in [0.3, 0.4) is 0 Å². The molecule has 4 nitrogen and oxygen atoms in total. The summed E-state index contributed by atoms with van der Waals surface area (Å²) in [5, 5.41) is 8.70. The number of aliphatic carboxylic acids is 1. The highest BCUT2D eigenvalue weighted by Crippen LogP contribution is 2.31. The largest absolute Gasteiger partial charge is 0.481 e. The molecule has 2 unspecified atom stereocenters. The van der Waals surface area contributed by atoms with E-state index in [0.29, 0.717) is 13.0 Å². The standard InChI is InChI=1S/C11H18ClNO3/c1-11(2,3)8(5-10(15)16)13-6-7(12)4-9(13)14/h7-8H,4-6H2,1-3H3,(H,15,16). The molecule has 0 aromatic carbocycles. The maximum absolute atomic E-state index is 11.7. The third kappa shape index (κ3) is 3.11. The summed E-state index contributed by atoms with van der Waals surface area (Å²) in [5.74, 6) is -0.924. The second-order valence-electron chi connectivity index (χ2n) is 5.33. The molecule has 1 rings (SSSR count). The fourth-order valence-electron chi connectivity index (χ4n) is 2.04. The lowest BCUT2D eigenvalue weighted by molar-refractivity contribution is -0.141. The van der Waals surface area contributed by atoms with Gasteiger partial charge in [0.2, 0.25) is 5.91 Å². The minimum absolute atomic E-state index is 0.0289. The van der Waals surface area contributed by atoms with E-state index in [4.69, 9.17) is 16.7 Å². The molecule has 5 heteroatoms. The molecule has 1 N–H and O–H groups in total.